The van der Waals surface area contributed by atoms with E-state index in [0.717, 1.165) is 17.7 Å². The minimum Gasteiger partial charge on any atom is -0.387 e. The Labute approximate surface area is 113 Å². The van der Waals surface area contributed by atoms with Crippen LogP contribution < -0.4 is 16.0 Å². The first-order chi connectivity index (χ1) is 9.08. The zero-order chi connectivity index (χ0) is 14.3. The Morgan fingerprint density at radius 3 is 2.58 bits per heavy atom. The van der Waals surface area contributed by atoms with Gasteiger partial charge in [0.2, 0.25) is 5.91 Å². The minimum absolute atomic E-state index is 0.00410. The van der Waals surface area contributed by atoms with Crippen LogP contribution in [0.3, 0.4) is 0 Å². The van der Waals surface area contributed by atoms with E-state index in [0.29, 0.717) is 12.1 Å². The van der Waals surface area contributed by atoms with E-state index in [2.05, 4.69) is 16.0 Å². The van der Waals surface area contributed by atoms with E-state index in [-0.39, 0.29) is 18.4 Å². The predicted octanol–water partition coefficient (Wildman–Crippen LogP) is 1.29. The standard InChI is InChI=1S/C14H21N3O2/c1-4-7-16-13(18)9-17-14(19)11-6-5-10(2)8-12(11)15-3/h5-6,8,15H,4,7,9H2,1-3H3,(H,16,18)(H,17,19). The van der Waals surface area contributed by atoms with Crippen molar-refractivity contribution >= 4 is 17.5 Å². The largest absolute Gasteiger partial charge is 0.387 e. The molecule has 0 unspecified atom stereocenters. The van der Waals surface area contributed by atoms with Gasteiger partial charge in [-0.1, -0.05) is 13.0 Å². The molecule has 5 heteroatoms. The SMILES string of the molecule is CCCNC(=O)CNC(=O)c1ccc(C)cc1NC. The number of hydrogen-bond acceptors (Lipinski definition) is 3. The molecule has 1 rings (SSSR count). The highest BCUT2D eigenvalue weighted by Gasteiger charge is 2.11. The quantitative estimate of drug-likeness (QED) is 0.724. The molecule has 104 valence electrons. The van der Waals surface area contributed by atoms with Crippen LogP contribution in [-0.2, 0) is 4.79 Å². The van der Waals surface area contributed by atoms with Gasteiger partial charge in [-0.3, -0.25) is 9.59 Å². The van der Waals surface area contributed by atoms with Gasteiger partial charge in [0.1, 0.15) is 0 Å². The Bertz CT molecular complexity index is 458. The van der Waals surface area contributed by atoms with Crippen LogP contribution in [0.4, 0.5) is 5.69 Å². The number of aryl methyl sites for hydroxylation is 1. The molecule has 1 aromatic carbocycles. The maximum absolute atomic E-state index is 12.0. The lowest BCUT2D eigenvalue weighted by atomic mass is 10.1. The molecular formula is C14H21N3O2. The first kappa shape index (κ1) is 15.0. The molecule has 2 amide bonds. The fourth-order valence-corrected chi connectivity index (χ4v) is 1.65. The molecule has 0 radical (unpaired) electrons. The van der Waals surface area contributed by atoms with Crippen LogP contribution in [0.2, 0.25) is 0 Å². The number of rotatable bonds is 6. The number of carbonyl (C=O) groups excluding carboxylic acids is 2. The van der Waals surface area contributed by atoms with Gasteiger partial charge >= 0.3 is 0 Å². The van der Waals surface area contributed by atoms with Crippen molar-refractivity contribution in [3.05, 3.63) is 29.3 Å². The second-order valence-corrected chi connectivity index (χ2v) is 4.33. The molecule has 0 saturated heterocycles. The summed E-state index contributed by atoms with van der Waals surface area (Å²) >= 11 is 0. The van der Waals surface area contributed by atoms with Crippen molar-refractivity contribution in [1.82, 2.24) is 10.6 Å². The number of carbonyl (C=O) groups is 2. The van der Waals surface area contributed by atoms with Gasteiger partial charge in [0, 0.05) is 19.3 Å². The smallest absolute Gasteiger partial charge is 0.253 e. The molecule has 0 atom stereocenters. The lowest BCUT2D eigenvalue weighted by Gasteiger charge is -2.10. The van der Waals surface area contributed by atoms with Crippen LogP contribution in [0.15, 0.2) is 18.2 Å². The highest BCUT2D eigenvalue weighted by molar-refractivity contribution is 6.01. The van der Waals surface area contributed by atoms with Crippen LogP contribution >= 0.6 is 0 Å². The van der Waals surface area contributed by atoms with Crippen molar-refractivity contribution in [1.29, 1.82) is 0 Å². The first-order valence-corrected chi connectivity index (χ1v) is 6.41. The molecule has 0 aromatic heterocycles. The molecule has 1 aromatic rings. The van der Waals surface area contributed by atoms with Crippen LogP contribution in [-0.4, -0.2) is 32.0 Å². The Balaban J connectivity index is 2.61. The van der Waals surface area contributed by atoms with Crippen molar-refractivity contribution in [3.8, 4) is 0 Å². The summed E-state index contributed by atoms with van der Waals surface area (Å²) in [5.41, 5.74) is 2.37. The second kappa shape index (κ2) is 7.41. The van der Waals surface area contributed by atoms with E-state index in [1.807, 2.05) is 26.0 Å². The van der Waals surface area contributed by atoms with Crippen molar-refractivity contribution in [2.45, 2.75) is 20.3 Å². The Hall–Kier alpha value is -2.04. The molecule has 19 heavy (non-hydrogen) atoms. The van der Waals surface area contributed by atoms with E-state index in [4.69, 9.17) is 0 Å². The van der Waals surface area contributed by atoms with Crippen molar-refractivity contribution in [2.75, 3.05) is 25.5 Å². The molecule has 0 spiro atoms. The van der Waals surface area contributed by atoms with E-state index >= 15 is 0 Å². The van der Waals surface area contributed by atoms with Gasteiger partial charge in [0.05, 0.1) is 12.1 Å². The van der Waals surface area contributed by atoms with Crippen LogP contribution in [0.25, 0.3) is 0 Å². The van der Waals surface area contributed by atoms with Crippen molar-refractivity contribution in [2.24, 2.45) is 0 Å². The molecule has 3 N–H and O–H groups in total. The van der Waals surface area contributed by atoms with E-state index < -0.39 is 0 Å². The lowest BCUT2D eigenvalue weighted by Crippen LogP contribution is -2.37. The molecule has 0 fully saturated rings. The third-order valence-electron chi connectivity index (χ3n) is 2.67. The molecule has 0 aliphatic rings. The van der Waals surface area contributed by atoms with Gasteiger partial charge in [0.15, 0.2) is 0 Å². The molecule has 0 aliphatic carbocycles. The molecule has 5 nitrogen and oxygen atoms in total. The maximum Gasteiger partial charge on any atom is 0.253 e. The fraction of sp³-hybridized carbons (Fsp3) is 0.429. The van der Waals surface area contributed by atoms with E-state index in [1.54, 1.807) is 13.1 Å². The molecule has 0 bridgehead atoms. The maximum atomic E-state index is 12.0. The number of anilines is 1. The third kappa shape index (κ3) is 4.62. The number of amides is 2. The average Bonchev–Trinajstić information content (AvgIpc) is 2.42. The summed E-state index contributed by atoms with van der Waals surface area (Å²) in [5.74, 6) is -0.427. The highest BCUT2D eigenvalue weighted by atomic mass is 16.2. The Morgan fingerprint density at radius 1 is 1.21 bits per heavy atom. The zero-order valence-electron chi connectivity index (χ0n) is 11.7. The number of nitrogens with one attached hydrogen (secondary N) is 3. The summed E-state index contributed by atoms with van der Waals surface area (Å²) in [6.07, 6.45) is 0.877. The Kier molecular flexibility index (Phi) is 5.85. The first-order valence-electron chi connectivity index (χ1n) is 6.41. The summed E-state index contributed by atoms with van der Waals surface area (Å²) in [7, 11) is 1.76. The normalized spacial score (nSPS) is 9.84. The topological polar surface area (TPSA) is 70.2 Å². The minimum atomic E-state index is -0.254. The van der Waals surface area contributed by atoms with E-state index in [9.17, 15) is 9.59 Å². The summed E-state index contributed by atoms with van der Waals surface area (Å²) < 4.78 is 0. The van der Waals surface area contributed by atoms with Gasteiger partial charge in [0.25, 0.3) is 5.91 Å². The second-order valence-electron chi connectivity index (χ2n) is 4.33. The molecular weight excluding hydrogens is 242 g/mol. The average molecular weight is 263 g/mol. The number of hydrogen-bond donors (Lipinski definition) is 3. The van der Waals surface area contributed by atoms with Crippen molar-refractivity contribution in [3.63, 3.8) is 0 Å². The lowest BCUT2D eigenvalue weighted by molar-refractivity contribution is -0.120. The van der Waals surface area contributed by atoms with Gasteiger partial charge in [-0.05, 0) is 31.0 Å². The number of benzene rings is 1. The van der Waals surface area contributed by atoms with E-state index in [1.165, 1.54) is 0 Å². The third-order valence-corrected chi connectivity index (χ3v) is 2.67. The predicted molar refractivity (Wildman–Crippen MR) is 76.4 cm³/mol. The summed E-state index contributed by atoms with van der Waals surface area (Å²) in [4.78, 5) is 23.4. The van der Waals surface area contributed by atoms with Crippen LogP contribution in [0.1, 0.15) is 29.3 Å². The molecule has 0 saturated carbocycles. The van der Waals surface area contributed by atoms with Crippen LogP contribution in [0, 0.1) is 6.92 Å². The van der Waals surface area contributed by atoms with Crippen molar-refractivity contribution < 1.29 is 9.59 Å². The Morgan fingerprint density at radius 2 is 1.95 bits per heavy atom. The molecule has 0 aliphatic heterocycles. The summed E-state index contributed by atoms with van der Waals surface area (Å²) in [6.45, 7) is 4.56. The molecule has 0 heterocycles. The summed E-state index contributed by atoms with van der Waals surface area (Å²) in [6, 6.07) is 5.51. The van der Waals surface area contributed by atoms with Crippen LogP contribution in [0.5, 0.6) is 0 Å². The zero-order valence-corrected chi connectivity index (χ0v) is 11.7. The monoisotopic (exact) mass is 263 g/mol. The van der Waals surface area contributed by atoms with Gasteiger partial charge in [-0.25, -0.2) is 0 Å². The van der Waals surface area contributed by atoms with Gasteiger partial charge in [-0.15, -0.1) is 0 Å². The van der Waals surface area contributed by atoms with Gasteiger partial charge in [-0.2, -0.15) is 0 Å². The fourth-order valence-electron chi connectivity index (χ4n) is 1.65. The summed E-state index contributed by atoms with van der Waals surface area (Å²) in [5, 5.41) is 8.30. The highest BCUT2D eigenvalue weighted by Crippen LogP contribution is 2.16. The van der Waals surface area contributed by atoms with Gasteiger partial charge < -0.3 is 16.0 Å².